The molecule has 2 saturated heterocycles. The largest absolute Gasteiger partial charge is 0.343 e. The van der Waals surface area contributed by atoms with E-state index in [-0.39, 0.29) is 23.0 Å². The topological polar surface area (TPSA) is 75.3 Å². The van der Waals surface area contributed by atoms with Crippen molar-refractivity contribution < 1.29 is 14.4 Å². The smallest absolute Gasteiger partial charge is 0.249 e. The van der Waals surface area contributed by atoms with Crippen LogP contribution in [0.25, 0.3) is 0 Å². The molecule has 94 valence electrons. The molecule has 0 aromatic rings. The normalized spacial score (nSPS) is 29.6. The monoisotopic (exact) mass is 256 g/mol. The van der Waals surface area contributed by atoms with Crippen LogP contribution in [0.3, 0.4) is 0 Å². The Morgan fingerprint density at radius 3 is 2.76 bits per heavy atom. The van der Waals surface area contributed by atoms with Crippen LogP contribution in [0, 0.1) is 0 Å². The van der Waals surface area contributed by atoms with Gasteiger partial charge >= 0.3 is 0 Å². The van der Waals surface area contributed by atoms with Gasteiger partial charge in [0.15, 0.2) is 0 Å². The van der Waals surface area contributed by atoms with Crippen LogP contribution < -0.4 is 10.6 Å². The fourth-order valence-electron chi connectivity index (χ4n) is 2.04. The van der Waals surface area contributed by atoms with Crippen molar-refractivity contribution in [3.05, 3.63) is 0 Å². The molecule has 17 heavy (non-hydrogen) atoms. The molecule has 0 aromatic carbocycles. The molecule has 3 amide bonds. The minimum atomic E-state index is -0.539. The van der Waals surface area contributed by atoms with E-state index < -0.39 is 6.04 Å². The third-order valence-corrected chi connectivity index (χ3v) is 4.40. The first kappa shape index (κ1) is 12.4. The van der Waals surface area contributed by atoms with E-state index in [1.165, 1.54) is 0 Å². The molecule has 2 aliphatic heterocycles. The molecule has 5 nitrogen and oxygen atoms in total. The van der Waals surface area contributed by atoms with Crippen LogP contribution in [0.15, 0.2) is 0 Å². The molecule has 0 aliphatic carbocycles. The van der Waals surface area contributed by atoms with Crippen molar-refractivity contribution >= 4 is 29.5 Å². The zero-order valence-electron chi connectivity index (χ0n) is 9.53. The van der Waals surface area contributed by atoms with E-state index in [9.17, 15) is 14.4 Å². The average Bonchev–Trinajstić information content (AvgIpc) is 2.34. The second-order valence-electron chi connectivity index (χ2n) is 4.37. The molecule has 2 heterocycles. The van der Waals surface area contributed by atoms with Gasteiger partial charge in [0.05, 0.1) is 5.25 Å². The Bertz CT molecular complexity index is 340. The van der Waals surface area contributed by atoms with Crippen molar-refractivity contribution in [2.45, 2.75) is 43.4 Å². The summed E-state index contributed by atoms with van der Waals surface area (Å²) in [6.07, 6.45) is 3.82. The molecule has 2 N–H and O–H groups in total. The number of thioether (sulfide) groups is 1. The lowest BCUT2D eigenvalue weighted by molar-refractivity contribution is -0.137. The van der Waals surface area contributed by atoms with Crippen LogP contribution in [0.4, 0.5) is 0 Å². The van der Waals surface area contributed by atoms with E-state index >= 15 is 0 Å². The van der Waals surface area contributed by atoms with Crippen LogP contribution in [-0.4, -0.2) is 34.8 Å². The zero-order chi connectivity index (χ0) is 12.3. The van der Waals surface area contributed by atoms with Crippen LogP contribution >= 0.6 is 11.8 Å². The summed E-state index contributed by atoms with van der Waals surface area (Å²) >= 11 is 1.65. The zero-order valence-corrected chi connectivity index (χ0v) is 10.3. The highest BCUT2D eigenvalue weighted by atomic mass is 32.2. The first-order chi connectivity index (χ1) is 8.16. The van der Waals surface area contributed by atoms with E-state index in [1.807, 2.05) is 0 Å². The van der Waals surface area contributed by atoms with Gasteiger partial charge in [-0.1, -0.05) is 6.42 Å². The standard InChI is InChI=1S/C11H16N2O3S/c14-9-5-4-7(10(15)13-9)12-11(16)8-3-1-2-6-17-8/h7-8H,1-6H2,(H,12,16)(H,13,14,15). The van der Waals surface area contributed by atoms with Crippen molar-refractivity contribution in [2.75, 3.05) is 5.75 Å². The van der Waals surface area contributed by atoms with Gasteiger partial charge < -0.3 is 5.32 Å². The Kier molecular flexibility index (Phi) is 4.04. The number of amides is 3. The lowest BCUT2D eigenvalue weighted by Crippen LogP contribution is -2.53. The average molecular weight is 256 g/mol. The summed E-state index contributed by atoms with van der Waals surface area (Å²) in [5, 5.41) is 4.94. The maximum absolute atomic E-state index is 11.9. The predicted octanol–water partition coefficient (Wildman–Crippen LogP) is 0.193. The lowest BCUT2D eigenvalue weighted by atomic mass is 10.1. The van der Waals surface area contributed by atoms with Crippen molar-refractivity contribution in [2.24, 2.45) is 0 Å². The Labute approximate surface area is 104 Å². The van der Waals surface area contributed by atoms with Gasteiger partial charge in [0.25, 0.3) is 0 Å². The number of imide groups is 1. The van der Waals surface area contributed by atoms with Gasteiger partial charge in [0.2, 0.25) is 17.7 Å². The number of carbonyl (C=O) groups is 3. The molecular weight excluding hydrogens is 240 g/mol. The molecule has 0 bridgehead atoms. The summed E-state index contributed by atoms with van der Waals surface area (Å²) in [7, 11) is 0. The lowest BCUT2D eigenvalue weighted by Gasteiger charge is -2.25. The van der Waals surface area contributed by atoms with Gasteiger partial charge in [-0.15, -0.1) is 11.8 Å². The molecule has 0 aromatic heterocycles. The Morgan fingerprint density at radius 2 is 2.12 bits per heavy atom. The van der Waals surface area contributed by atoms with Gasteiger partial charge in [-0.3, -0.25) is 19.7 Å². The fourth-order valence-corrected chi connectivity index (χ4v) is 3.25. The Morgan fingerprint density at radius 1 is 1.29 bits per heavy atom. The van der Waals surface area contributed by atoms with Crippen LogP contribution in [-0.2, 0) is 14.4 Å². The number of hydrogen-bond donors (Lipinski definition) is 2. The third-order valence-electron chi connectivity index (χ3n) is 3.03. The first-order valence-electron chi connectivity index (χ1n) is 5.92. The summed E-state index contributed by atoms with van der Waals surface area (Å²) in [6, 6.07) is -0.539. The third kappa shape index (κ3) is 3.21. The SMILES string of the molecule is O=C1CCC(NC(=O)C2CCCCS2)C(=O)N1. The number of carbonyl (C=O) groups excluding carboxylic acids is 3. The number of piperidine rings is 1. The van der Waals surface area contributed by atoms with Crippen molar-refractivity contribution in [1.82, 2.24) is 10.6 Å². The summed E-state index contributed by atoms with van der Waals surface area (Å²) in [6.45, 7) is 0. The van der Waals surface area contributed by atoms with Gasteiger partial charge in [0.1, 0.15) is 6.04 Å². The number of hydrogen-bond acceptors (Lipinski definition) is 4. The molecule has 0 radical (unpaired) electrons. The molecule has 0 saturated carbocycles. The first-order valence-corrected chi connectivity index (χ1v) is 6.97. The molecule has 0 spiro atoms. The maximum Gasteiger partial charge on any atom is 0.249 e. The van der Waals surface area contributed by atoms with Crippen LogP contribution in [0.5, 0.6) is 0 Å². The van der Waals surface area contributed by atoms with E-state index in [4.69, 9.17) is 0 Å². The second kappa shape index (κ2) is 5.53. The molecule has 2 aliphatic rings. The van der Waals surface area contributed by atoms with E-state index in [0.29, 0.717) is 12.8 Å². The second-order valence-corrected chi connectivity index (χ2v) is 5.68. The Balaban J connectivity index is 1.85. The number of rotatable bonds is 2. The van der Waals surface area contributed by atoms with Crippen LogP contribution in [0.1, 0.15) is 32.1 Å². The summed E-state index contributed by atoms with van der Waals surface area (Å²) in [5.74, 6) is 0.306. The highest BCUT2D eigenvalue weighted by Crippen LogP contribution is 2.25. The molecular formula is C11H16N2O3S. The molecule has 2 fully saturated rings. The van der Waals surface area contributed by atoms with Gasteiger partial charge in [0, 0.05) is 6.42 Å². The van der Waals surface area contributed by atoms with Gasteiger partial charge in [-0.05, 0) is 25.0 Å². The summed E-state index contributed by atoms with van der Waals surface area (Å²) < 4.78 is 0. The minimum Gasteiger partial charge on any atom is -0.343 e. The van der Waals surface area contributed by atoms with Gasteiger partial charge in [-0.2, -0.15) is 0 Å². The van der Waals surface area contributed by atoms with Gasteiger partial charge in [-0.25, -0.2) is 0 Å². The maximum atomic E-state index is 11.9. The number of nitrogens with one attached hydrogen (secondary N) is 2. The van der Waals surface area contributed by atoms with E-state index in [2.05, 4.69) is 10.6 Å². The fraction of sp³-hybridized carbons (Fsp3) is 0.727. The minimum absolute atomic E-state index is 0.0332. The van der Waals surface area contributed by atoms with Crippen LogP contribution in [0.2, 0.25) is 0 Å². The summed E-state index contributed by atoms with van der Waals surface area (Å²) in [5.41, 5.74) is 0. The molecule has 2 rings (SSSR count). The molecule has 2 unspecified atom stereocenters. The highest BCUT2D eigenvalue weighted by molar-refractivity contribution is 8.00. The Hall–Kier alpha value is -1.04. The van der Waals surface area contributed by atoms with Crippen molar-refractivity contribution in [1.29, 1.82) is 0 Å². The highest BCUT2D eigenvalue weighted by Gasteiger charge is 2.30. The van der Waals surface area contributed by atoms with E-state index in [1.54, 1.807) is 11.8 Å². The van der Waals surface area contributed by atoms with Crippen molar-refractivity contribution in [3.8, 4) is 0 Å². The van der Waals surface area contributed by atoms with Crippen molar-refractivity contribution in [3.63, 3.8) is 0 Å². The summed E-state index contributed by atoms with van der Waals surface area (Å²) in [4.78, 5) is 34.3. The molecule has 6 heteroatoms. The predicted molar refractivity (Wildman–Crippen MR) is 64.4 cm³/mol. The van der Waals surface area contributed by atoms with E-state index in [0.717, 1.165) is 25.0 Å². The quantitative estimate of drug-likeness (QED) is 0.692. The molecule has 2 atom stereocenters.